The van der Waals surface area contributed by atoms with Gasteiger partial charge in [-0.05, 0) is 25.1 Å². The lowest BCUT2D eigenvalue weighted by molar-refractivity contribution is 0.102. The summed E-state index contributed by atoms with van der Waals surface area (Å²) in [7, 11) is 0. The molecule has 16 heavy (non-hydrogen) atoms. The van der Waals surface area contributed by atoms with Crippen LogP contribution < -0.4 is 11.1 Å². The van der Waals surface area contributed by atoms with Crippen molar-refractivity contribution in [1.82, 2.24) is 4.98 Å². The lowest BCUT2D eigenvalue weighted by Gasteiger charge is -2.01. The molecule has 2 aromatic heterocycles. The average molecular weight is 217 g/mol. The molecule has 5 heteroatoms. The SMILES string of the molecule is Cc1cc(C(=O)Nc2ccc(N)cn2)co1. The lowest BCUT2D eigenvalue weighted by Crippen LogP contribution is -2.11. The monoisotopic (exact) mass is 217 g/mol. The molecule has 3 N–H and O–H groups in total. The molecular weight excluding hydrogens is 206 g/mol. The molecule has 0 saturated carbocycles. The predicted molar refractivity (Wildman–Crippen MR) is 60.0 cm³/mol. The normalized spacial score (nSPS) is 10.1. The van der Waals surface area contributed by atoms with Crippen molar-refractivity contribution in [3.63, 3.8) is 0 Å². The van der Waals surface area contributed by atoms with E-state index in [4.69, 9.17) is 10.2 Å². The second kappa shape index (κ2) is 4.06. The maximum atomic E-state index is 11.7. The molecule has 0 atom stereocenters. The summed E-state index contributed by atoms with van der Waals surface area (Å²) in [5, 5.41) is 2.63. The summed E-state index contributed by atoms with van der Waals surface area (Å²) in [6.45, 7) is 1.78. The van der Waals surface area contributed by atoms with E-state index in [1.165, 1.54) is 12.5 Å². The van der Waals surface area contributed by atoms with Crippen molar-refractivity contribution in [2.45, 2.75) is 6.92 Å². The number of carbonyl (C=O) groups is 1. The molecule has 82 valence electrons. The molecule has 0 saturated heterocycles. The van der Waals surface area contributed by atoms with Crippen LogP contribution in [-0.4, -0.2) is 10.9 Å². The smallest absolute Gasteiger partial charge is 0.260 e. The molecule has 0 spiro atoms. The Morgan fingerprint density at radius 1 is 1.50 bits per heavy atom. The van der Waals surface area contributed by atoms with Gasteiger partial charge in [-0.2, -0.15) is 0 Å². The van der Waals surface area contributed by atoms with Gasteiger partial charge < -0.3 is 15.5 Å². The van der Waals surface area contributed by atoms with Gasteiger partial charge in [0.15, 0.2) is 0 Å². The number of nitrogen functional groups attached to an aromatic ring is 1. The predicted octanol–water partition coefficient (Wildman–Crippen LogP) is 1.82. The number of rotatable bonds is 2. The zero-order valence-corrected chi connectivity index (χ0v) is 8.73. The summed E-state index contributed by atoms with van der Waals surface area (Å²) in [6.07, 6.45) is 2.89. The molecule has 0 aliphatic heterocycles. The van der Waals surface area contributed by atoms with Gasteiger partial charge in [0.05, 0.1) is 17.4 Å². The van der Waals surface area contributed by atoms with E-state index in [1.807, 2.05) is 0 Å². The van der Waals surface area contributed by atoms with E-state index >= 15 is 0 Å². The minimum absolute atomic E-state index is 0.255. The summed E-state index contributed by atoms with van der Waals surface area (Å²) < 4.78 is 5.04. The van der Waals surface area contributed by atoms with Gasteiger partial charge in [0.2, 0.25) is 0 Å². The fourth-order valence-corrected chi connectivity index (χ4v) is 1.23. The topological polar surface area (TPSA) is 81.2 Å². The van der Waals surface area contributed by atoms with Crippen LogP contribution in [0.25, 0.3) is 0 Å². The van der Waals surface area contributed by atoms with Crippen LogP contribution in [0.4, 0.5) is 11.5 Å². The minimum atomic E-state index is -0.255. The molecule has 2 aromatic rings. The third-order valence-corrected chi connectivity index (χ3v) is 2.02. The number of aromatic nitrogens is 1. The second-order valence-corrected chi connectivity index (χ2v) is 3.38. The van der Waals surface area contributed by atoms with Gasteiger partial charge in [-0.3, -0.25) is 4.79 Å². The van der Waals surface area contributed by atoms with Gasteiger partial charge >= 0.3 is 0 Å². The molecule has 0 fully saturated rings. The fraction of sp³-hybridized carbons (Fsp3) is 0.0909. The fourth-order valence-electron chi connectivity index (χ4n) is 1.23. The maximum Gasteiger partial charge on any atom is 0.260 e. The van der Waals surface area contributed by atoms with Crippen LogP contribution in [0, 0.1) is 6.92 Å². The molecule has 0 aliphatic carbocycles. The summed E-state index contributed by atoms with van der Waals surface area (Å²) in [4.78, 5) is 15.6. The first kappa shape index (κ1) is 10.2. The molecule has 5 nitrogen and oxygen atoms in total. The molecular formula is C11H11N3O2. The Bertz CT molecular complexity index is 502. The molecule has 0 bridgehead atoms. The summed E-state index contributed by atoms with van der Waals surface area (Å²) in [5.74, 6) is 0.891. The zero-order valence-electron chi connectivity index (χ0n) is 8.73. The van der Waals surface area contributed by atoms with Crippen LogP contribution >= 0.6 is 0 Å². The van der Waals surface area contributed by atoms with Gasteiger partial charge in [0.25, 0.3) is 5.91 Å². The Morgan fingerprint density at radius 2 is 2.31 bits per heavy atom. The molecule has 2 rings (SSSR count). The van der Waals surface area contributed by atoms with Crippen molar-refractivity contribution >= 4 is 17.4 Å². The van der Waals surface area contributed by atoms with E-state index in [-0.39, 0.29) is 5.91 Å². The Labute approximate surface area is 92.3 Å². The molecule has 0 aromatic carbocycles. The number of nitrogens with zero attached hydrogens (tertiary/aromatic N) is 1. The molecule has 0 unspecified atom stereocenters. The molecule has 1 amide bonds. The van der Waals surface area contributed by atoms with Crippen molar-refractivity contribution in [1.29, 1.82) is 0 Å². The first-order valence-electron chi connectivity index (χ1n) is 4.73. The highest BCUT2D eigenvalue weighted by molar-refractivity contribution is 6.03. The Hall–Kier alpha value is -2.30. The Kier molecular flexibility index (Phi) is 2.59. The number of anilines is 2. The van der Waals surface area contributed by atoms with Crippen molar-refractivity contribution in [2.24, 2.45) is 0 Å². The van der Waals surface area contributed by atoms with Crippen molar-refractivity contribution in [2.75, 3.05) is 11.1 Å². The minimum Gasteiger partial charge on any atom is -0.469 e. The summed E-state index contributed by atoms with van der Waals surface area (Å²) >= 11 is 0. The summed E-state index contributed by atoms with van der Waals surface area (Å²) in [6, 6.07) is 4.97. The largest absolute Gasteiger partial charge is 0.469 e. The van der Waals surface area contributed by atoms with Gasteiger partial charge in [-0.1, -0.05) is 0 Å². The van der Waals surface area contributed by atoms with Crippen molar-refractivity contribution in [3.8, 4) is 0 Å². The maximum absolute atomic E-state index is 11.7. The zero-order chi connectivity index (χ0) is 11.5. The number of hydrogen-bond donors (Lipinski definition) is 2. The van der Waals surface area contributed by atoms with E-state index < -0.39 is 0 Å². The number of hydrogen-bond acceptors (Lipinski definition) is 4. The third-order valence-electron chi connectivity index (χ3n) is 2.02. The number of pyridine rings is 1. The second-order valence-electron chi connectivity index (χ2n) is 3.38. The molecule has 0 radical (unpaired) electrons. The third kappa shape index (κ3) is 2.20. The first-order chi connectivity index (χ1) is 7.65. The summed E-state index contributed by atoms with van der Waals surface area (Å²) in [5.41, 5.74) is 6.50. The first-order valence-corrected chi connectivity index (χ1v) is 4.73. The van der Waals surface area contributed by atoms with E-state index in [0.717, 1.165) is 0 Å². The highest BCUT2D eigenvalue weighted by atomic mass is 16.3. The standard InChI is InChI=1S/C11H11N3O2/c1-7-4-8(6-16-7)11(15)14-10-3-2-9(12)5-13-10/h2-6H,12H2,1H3,(H,13,14,15). The number of carbonyl (C=O) groups excluding carboxylic acids is 1. The average Bonchev–Trinajstić information content (AvgIpc) is 2.68. The lowest BCUT2D eigenvalue weighted by atomic mass is 10.3. The molecule has 0 aliphatic rings. The van der Waals surface area contributed by atoms with Crippen molar-refractivity contribution in [3.05, 3.63) is 42.0 Å². The van der Waals surface area contributed by atoms with Crippen LogP contribution in [0.1, 0.15) is 16.1 Å². The number of nitrogens with two attached hydrogens (primary N) is 1. The Morgan fingerprint density at radius 3 is 2.88 bits per heavy atom. The van der Waals surface area contributed by atoms with Crippen LogP contribution in [0.3, 0.4) is 0 Å². The van der Waals surface area contributed by atoms with Crippen LogP contribution in [-0.2, 0) is 0 Å². The highest BCUT2D eigenvalue weighted by Crippen LogP contribution is 2.10. The number of aryl methyl sites for hydroxylation is 1. The quantitative estimate of drug-likeness (QED) is 0.803. The van der Waals surface area contributed by atoms with E-state index in [0.29, 0.717) is 22.8 Å². The van der Waals surface area contributed by atoms with Crippen LogP contribution in [0.15, 0.2) is 35.1 Å². The van der Waals surface area contributed by atoms with Crippen LogP contribution in [0.2, 0.25) is 0 Å². The number of nitrogens with one attached hydrogen (secondary N) is 1. The van der Waals surface area contributed by atoms with Gasteiger partial charge in [-0.15, -0.1) is 0 Å². The van der Waals surface area contributed by atoms with E-state index in [1.54, 1.807) is 25.1 Å². The molecule has 2 heterocycles. The number of amides is 1. The highest BCUT2D eigenvalue weighted by Gasteiger charge is 2.09. The number of furan rings is 1. The van der Waals surface area contributed by atoms with E-state index in [2.05, 4.69) is 10.3 Å². The van der Waals surface area contributed by atoms with Gasteiger partial charge in [0.1, 0.15) is 17.8 Å². The van der Waals surface area contributed by atoms with Gasteiger partial charge in [-0.25, -0.2) is 4.98 Å². The van der Waals surface area contributed by atoms with Crippen LogP contribution in [0.5, 0.6) is 0 Å². The van der Waals surface area contributed by atoms with Crippen molar-refractivity contribution < 1.29 is 9.21 Å². The van der Waals surface area contributed by atoms with Gasteiger partial charge in [0, 0.05) is 0 Å². The van der Waals surface area contributed by atoms with E-state index in [9.17, 15) is 4.79 Å². The Balaban J connectivity index is 2.10.